The number of nitrogens with zero attached hydrogens (tertiary/aromatic N) is 3. The third kappa shape index (κ3) is 3.03. The molecule has 0 fully saturated rings. The quantitative estimate of drug-likeness (QED) is 0.826. The Hall–Kier alpha value is -2.01. The number of halogens is 2. The van der Waals surface area contributed by atoms with Crippen molar-refractivity contribution in [2.24, 2.45) is 7.05 Å². The largest absolute Gasteiger partial charge is 0.478 e. The molecule has 11 heteroatoms. The van der Waals surface area contributed by atoms with E-state index in [1.54, 1.807) is 0 Å². The molecule has 1 aromatic heterocycles. The van der Waals surface area contributed by atoms with Crippen LogP contribution in [0.4, 0.5) is 10.1 Å². The molecule has 2 rings (SSSR count). The fourth-order valence-electron chi connectivity index (χ4n) is 1.56. The van der Waals surface area contributed by atoms with Crippen LogP contribution in [-0.2, 0) is 17.1 Å². The van der Waals surface area contributed by atoms with Gasteiger partial charge in [-0.05, 0) is 34.1 Å². The molecule has 2 aromatic rings. The van der Waals surface area contributed by atoms with Crippen LogP contribution in [0.25, 0.3) is 0 Å². The van der Waals surface area contributed by atoms with Gasteiger partial charge in [0.1, 0.15) is 5.82 Å². The first-order valence-corrected chi connectivity index (χ1v) is 7.61. The maximum Gasteiger partial charge on any atom is 0.338 e. The van der Waals surface area contributed by atoms with Crippen LogP contribution in [0.5, 0.6) is 0 Å². The van der Waals surface area contributed by atoms with Crippen molar-refractivity contribution in [2.75, 3.05) is 4.72 Å². The SMILES string of the molecule is Cn1nnc(Br)c1S(=O)(=O)Nc1ccc(C(=O)O)c(F)c1. The molecule has 0 spiro atoms. The van der Waals surface area contributed by atoms with Gasteiger partial charge < -0.3 is 5.11 Å². The number of sulfonamides is 1. The molecule has 1 aromatic carbocycles. The molecule has 0 aliphatic heterocycles. The number of hydrogen-bond acceptors (Lipinski definition) is 5. The number of carboxylic acid groups (broad SMARTS) is 1. The lowest BCUT2D eigenvalue weighted by Gasteiger charge is -2.08. The normalized spacial score (nSPS) is 11.4. The van der Waals surface area contributed by atoms with Gasteiger partial charge in [-0.3, -0.25) is 4.72 Å². The van der Waals surface area contributed by atoms with Crippen molar-refractivity contribution in [1.29, 1.82) is 0 Å². The standard InChI is InChI=1S/C10H8BrFN4O4S/c1-16-9(8(11)13-15-16)21(19,20)14-5-2-3-6(10(17)18)7(12)4-5/h2-4,14H,1H3,(H,17,18). The fourth-order valence-corrected chi connectivity index (χ4v) is 3.71. The summed E-state index contributed by atoms with van der Waals surface area (Å²) in [6.07, 6.45) is 0. The summed E-state index contributed by atoms with van der Waals surface area (Å²) < 4.78 is 41.0. The summed E-state index contributed by atoms with van der Waals surface area (Å²) in [6, 6.07) is 2.88. The van der Waals surface area contributed by atoms with Crippen molar-refractivity contribution >= 4 is 37.6 Å². The van der Waals surface area contributed by atoms with Gasteiger partial charge in [-0.2, -0.15) is 8.42 Å². The lowest BCUT2D eigenvalue weighted by Crippen LogP contribution is -2.17. The molecule has 1 heterocycles. The minimum atomic E-state index is -4.05. The van der Waals surface area contributed by atoms with E-state index in [0.717, 1.165) is 22.9 Å². The van der Waals surface area contributed by atoms with E-state index in [1.807, 2.05) is 0 Å². The van der Waals surface area contributed by atoms with Gasteiger partial charge in [0.15, 0.2) is 4.60 Å². The van der Waals surface area contributed by atoms with Gasteiger partial charge in [0.2, 0.25) is 5.03 Å². The number of nitrogens with one attached hydrogen (secondary N) is 1. The predicted molar refractivity (Wildman–Crippen MR) is 72.9 cm³/mol. The van der Waals surface area contributed by atoms with Gasteiger partial charge in [-0.15, -0.1) is 5.10 Å². The molecule has 0 saturated heterocycles. The van der Waals surface area contributed by atoms with Crippen molar-refractivity contribution in [3.05, 3.63) is 34.2 Å². The maximum atomic E-state index is 13.5. The second kappa shape index (κ2) is 5.41. The van der Waals surface area contributed by atoms with E-state index in [9.17, 15) is 17.6 Å². The minimum Gasteiger partial charge on any atom is -0.478 e. The van der Waals surface area contributed by atoms with Crippen LogP contribution in [0.2, 0.25) is 0 Å². The topological polar surface area (TPSA) is 114 Å². The summed E-state index contributed by atoms with van der Waals surface area (Å²) in [5.41, 5.74) is -0.674. The molecular formula is C10H8BrFN4O4S. The average Bonchev–Trinajstić information content (AvgIpc) is 2.68. The molecule has 0 bridgehead atoms. The molecule has 0 amide bonds. The van der Waals surface area contributed by atoms with E-state index in [-0.39, 0.29) is 15.3 Å². The summed E-state index contributed by atoms with van der Waals surface area (Å²) in [6.45, 7) is 0. The molecule has 8 nitrogen and oxygen atoms in total. The molecule has 0 aliphatic carbocycles. The highest BCUT2D eigenvalue weighted by atomic mass is 79.9. The highest BCUT2D eigenvalue weighted by Gasteiger charge is 2.24. The van der Waals surface area contributed by atoms with Crippen LogP contribution in [0.3, 0.4) is 0 Å². The number of carboxylic acids is 1. The van der Waals surface area contributed by atoms with Gasteiger partial charge in [0, 0.05) is 7.05 Å². The highest BCUT2D eigenvalue weighted by Crippen LogP contribution is 2.22. The zero-order valence-electron chi connectivity index (χ0n) is 10.4. The lowest BCUT2D eigenvalue weighted by molar-refractivity contribution is 0.0692. The van der Waals surface area contributed by atoms with Gasteiger partial charge in [0.25, 0.3) is 10.0 Å². The first-order valence-electron chi connectivity index (χ1n) is 5.33. The summed E-state index contributed by atoms with van der Waals surface area (Å²) in [5, 5.41) is 15.5. The molecular weight excluding hydrogens is 371 g/mol. The Bertz CT molecular complexity index is 801. The van der Waals surface area contributed by atoms with Crippen molar-refractivity contribution in [1.82, 2.24) is 15.0 Å². The van der Waals surface area contributed by atoms with Crippen molar-refractivity contribution in [2.45, 2.75) is 5.03 Å². The molecule has 21 heavy (non-hydrogen) atoms. The summed E-state index contributed by atoms with van der Waals surface area (Å²) in [7, 11) is -2.68. The van der Waals surface area contributed by atoms with Crippen molar-refractivity contribution < 1.29 is 22.7 Å². The number of anilines is 1. The third-order valence-electron chi connectivity index (χ3n) is 2.44. The average molecular weight is 379 g/mol. The Morgan fingerprint density at radius 1 is 1.48 bits per heavy atom. The predicted octanol–water partition coefficient (Wildman–Crippen LogP) is 1.22. The zero-order valence-corrected chi connectivity index (χ0v) is 12.8. The number of aryl methyl sites for hydroxylation is 1. The molecule has 112 valence electrons. The molecule has 2 N–H and O–H groups in total. The van der Waals surface area contributed by atoms with E-state index in [0.29, 0.717) is 0 Å². The number of aromatic carboxylic acids is 1. The number of carbonyl (C=O) groups is 1. The van der Waals surface area contributed by atoms with Crippen LogP contribution in [0.1, 0.15) is 10.4 Å². The first-order chi connectivity index (χ1) is 9.72. The Morgan fingerprint density at radius 3 is 2.62 bits per heavy atom. The summed E-state index contributed by atoms with van der Waals surface area (Å²) in [4.78, 5) is 10.7. The third-order valence-corrected chi connectivity index (χ3v) is 4.71. The van der Waals surface area contributed by atoms with E-state index in [2.05, 4.69) is 31.0 Å². The fraction of sp³-hybridized carbons (Fsp3) is 0.100. The second-order valence-corrected chi connectivity index (χ2v) is 6.26. The van der Waals surface area contributed by atoms with Crippen LogP contribution in [-0.4, -0.2) is 34.5 Å². The number of hydrogen-bond donors (Lipinski definition) is 2. The van der Waals surface area contributed by atoms with Gasteiger partial charge in [-0.1, -0.05) is 5.21 Å². The molecule has 0 atom stereocenters. The lowest BCUT2D eigenvalue weighted by atomic mass is 10.2. The van der Waals surface area contributed by atoms with E-state index in [4.69, 9.17) is 5.11 Å². The monoisotopic (exact) mass is 378 g/mol. The molecule has 0 unspecified atom stereocenters. The highest BCUT2D eigenvalue weighted by molar-refractivity contribution is 9.10. The van der Waals surface area contributed by atoms with Crippen LogP contribution in [0, 0.1) is 5.82 Å². The van der Waals surface area contributed by atoms with E-state index < -0.39 is 27.4 Å². The van der Waals surface area contributed by atoms with E-state index >= 15 is 0 Å². The smallest absolute Gasteiger partial charge is 0.338 e. The number of benzene rings is 1. The second-order valence-electron chi connectivity index (χ2n) is 3.91. The van der Waals surface area contributed by atoms with Crippen LogP contribution < -0.4 is 4.72 Å². The van der Waals surface area contributed by atoms with Gasteiger partial charge in [-0.25, -0.2) is 13.9 Å². The van der Waals surface area contributed by atoms with Crippen LogP contribution in [0.15, 0.2) is 27.8 Å². The van der Waals surface area contributed by atoms with E-state index in [1.165, 1.54) is 7.05 Å². The maximum absolute atomic E-state index is 13.5. The van der Waals surface area contributed by atoms with Crippen molar-refractivity contribution in [3.63, 3.8) is 0 Å². The Labute approximate surface area is 126 Å². The Balaban J connectivity index is 2.38. The first kappa shape index (κ1) is 15.4. The minimum absolute atomic E-state index is 0.000119. The molecule has 0 aliphatic rings. The summed E-state index contributed by atoms with van der Waals surface area (Å²) >= 11 is 2.95. The van der Waals surface area contributed by atoms with Gasteiger partial charge >= 0.3 is 5.97 Å². The Kier molecular flexibility index (Phi) is 3.96. The number of rotatable bonds is 4. The summed E-state index contributed by atoms with van der Waals surface area (Å²) in [5.74, 6) is -2.50. The van der Waals surface area contributed by atoms with Gasteiger partial charge in [0.05, 0.1) is 11.3 Å². The molecule has 0 radical (unpaired) electrons. The molecule has 0 saturated carbocycles. The Morgan fingerprint density at radius 2 is 2.14 bits per heavy atom. The van der Waals surface area contributed by atoms with Crippen LogP contribution >= 0.6 is 15.9 Å². The number of aromatic nitrogens is 3. The zero-order chi connectivity index (χ0) is 15.8. The van der Waals surface area contributed by atoms with Crippen molar-refractivity contribution in [3.8, 4) is 0 Å².